The molecule has 0 aliphatic heterocycles. The van der Waals surface area contributed by atoms with Crippen molar-refractivity contribution in [1.29, 1.82) is 0 Å². The Kier molecular flexibility index (Phi) is 5.65. The maximum Gasteiger partial charge on any atom is 0.338 e. The van der Waals surface area contributed by atoms with Gasteiger partial charge in [-0.1, -0.05) is 19.9 Å². The molecule has 5 heteroatoms. The third-order valence-electron chi connectivity index (χ3n) is 2.94. The summed E-state index contributed by atoms with van der Waals surface area (Å²) in [6.45, 7) is 6.59. The Bertz CT molecular complexity index is 473. The summed E-state index contributed by atoms with van der Waals surface area (Å²) < 4.78 is 13.5. The van der Waals surface area contributed by atoms with Gasteiger partial charge in [-0.3, -0.25) is 0 Å². The maximum absolute atomic E-state index is 13.5. The first kappa shape index (κ1) is 16.6. The Balaban J connectivity index is 2.54. The van der Waals surface area contributed by atoms with Crippen LogP contribution in [0.5, 0.6) is 0 Å². The summed E-state index contributed by atoms with van der Waals surface area (Å²) in [4.78, 5) is 12.8. The van der Waals surface area contributed by atoms with Gasteiger partial charge < -0.3 is 15.3 Å². The zero-order chi connectivity index (χ0) is 15.3. The zero-order valence-corrected chi connectivity index (χ0v) is 12.5. The van der Waals surface area contributed by atoms with Crippen LogP contribution in [-0.4, -0.2) is 43.2 Å². The van der Waals surface area contributed by atoms with Crippen LogP contribution < -0.4 is 5.32 Å². The molecule has 4 nitrogen and oxygen atoms in total. The third kappa shape index (κ3) is 5.27. The zero-order valence-electron chi connectivity index (χ0n) is 12.5. The molecule has 0 saturated carbocycles. The number of aromatic carboxylic acids is 1. The number of benzene rings is 1. The monoisotopic (exact) mass is 282 g/mol. The minimum absolute atomic E-state index is 0.114. The summed E-state index contributed by atoms with van der Waals surface area (Å²) in [6, 6.07) is 4.22. The van der Waals surface area contributed by atoms with Crippen molar-refractivity contribution in [2.24, 2.45) is 5.41 Å². The number of carboxylic acid groups (broad SMARTS) is 1. The normalized spacial score (nSPS) is 11.9. The van der Waals surface area contributed by atoms with Crippen molar-refractivity contribution in [2.75, 3.05) is 27.2 Å². The first-order valence-corrected chi connectivity index (χ1v) is 6.58. The number of halogens is 1. The van der Waals surface area contributed by atoms with Gasteiger partial charge in [0.25, 0.3) is 0 Å². The van der Waals surface area contributed by atoms with Gasteiger partial charge in [-0.25, -0.2) is 9.18 Å². The highest BCUT2D eigenvalue weighted by molar-refractivity contribution is 5.87. The van der Waals surface area contributed by atoms with Crippen molar-refractivity contribution in [1.82, 2.24) is 10.2 Å². The highest BCUT2D eigenvalue weighted by atomic mass is 19.1. The van der Waals surface area contributed by atoms with E-state index in [9.17, 15) is 9.18 Å². The van der Waals surface area contributed by atoms with E-state index in [0.717, 1.165) is 18.7 Å². The number of nitrogens with zero attached hydrogens (tertiary/aromatic N) is 1. The van der Waals surface area contributed by atoms with Gasteiger partial charge in [0.1, 0.15) is 5.82 Å². The van der Waals surface area contributed by atoms with Crippen LogP contribution in [-0.2, 0) is 6.54 Å². The Morgan fingerprint density at radius 1 is 1.40 bits per heavy atom. The average molecular weight is 282 g/mol. The Morgan fingerprint density at radius 3 is 2.55 bits per heavy atom. The molecule has 0 spiro atoms. The molecule has 1 aromatic rings. The molecule has 0 amide bonds. The summed E-state index contributed by atoms with van der Waals surface area (Å²) in [5.74, 6) is -1.93. The van der Waals surface area contributed by atoms with Crippen LogP contribution in [0, 0.1) is 11.2 Å². The lowest BCUT2D eigenvalue weighted by molar-refractivity contribution is 0.0692. The third-order valence-corrected chi connectivity index (χ3v) is 2.94. The van der Waals surface area contributed by atoms with Crippen molar-refractivity contribution in [3.8, 4) is 0 Å². The van der Waals surface area contributed by atoms with Crippen LogP contribution in [0.15, 0.2) is 18.2 Å². The molecule has 0 aliphatic carbocycles. The molecule has 2 N–H and O–H groups in total. The minimum Gasteiger partial charge on any atom is -0.478 e. The highest BCUT2D eigenvalue weighted by Crippen LogP contribution is 2.15. The van der Waals surface area contributed by atoms with Crippen LogP contribution in [0.1, 0.15) is 29.8 Å². The lowest BCUT2D eigenvalue weighted by Gasteiger charge is -2.28. The minimum atomic E-state index is -1.24. The molecule has 0 aliphatic rings. The van der Waals surface area contributed by atoms with Crippen molar-refractivity contribution in [3.05, 3.63) is 35.1 Å². The largest absolute Gasteiger partial charge is 0.478 e. The van der Waals surface area contributed by atoms with Crippen molar-refractivity contribution in [2.45, 2.75) is 20.4 Å². The first-order chi connectivity index (χ1) is 9.21. The van der Waals surface area contributed by atoms with Gasteiger partial charge in [0.05, 0.1) is 5.56 Å². The number of hydrogen-bond donors (Lipinski definition) is 2. The molecule has 0 heterocycles. The molecule has 0 radical (unpaired) electrons. The summed E-state index contributed by atoms with van der Waals surface area (Å²) in [5.41, 5.74) is 0.568. The van der Waals surface area contributed by atoms with Crippen LogP contribution in [0.2, 0.25) is 0 Å². The Hall–Kier alpha value is -1.46. The molecule has 0 fully saturated rings. The predicted octanol–water partition coefficient (Wildman–Crippen LogP) is 2.20. The van der Waals surface area contributed by atoms with Crippen molar-refractivity contribution in [3.63, 3.8) is 0 Å². The van der Waals surface area contributed by atoms with Gasteiger partial charge in [-0.15, -0.1) is 0 Å². The lowest BCUT2D eigenvalue weighted by atomic mass is 9.93. The Morgan fingerprint density at radius 2 is 2.05 bits per heavy atom. The maximum atomic E-state index is 13.5. The number of carbonyl (C=O) groups is 1. The summed E-state index contributed by atoms with van der Waals surface area (Å²) in [6.07, 6.45) is 0. The number of carboxylic acids is 1. The second-order valence-corrected chi connectivity index (χ2v) is 6.12. The molecular weight excluding hydrogens is 259 g/mol. The smallest absolute Gasteiger partial charge is 0.338 e. The van der Waals surface area contributed by atoms with Crippen LogP contribution in [0.25, 0.3) is 0 Å². The fourth-order valence-electron chi connectivity index (χ4n) is 2.30. The van der Waals surface area contributed by atoms with E-state index in [4.69, 9.17) is 5.11 Å². The highest BCUT2D eigenvalue weighted by Gasteiger charge is 2.18. The molecular formula is C15H23FN2O2. The first-order valence-electron chi connectivity index (χ1n) is 6.58. The second-order valence-electron chi connectivity index (χ2n) is 6.12. The molecule has 20 heavy (non-hydrogen) atoms. The quantitative estimate of drug-likeness (QED) is 0.805. The van der Waals surface area contributed by atoms with E-state index in [1.165, 1.54) is 12.1 Å². The number of rotatable bonds is 7. The molecule has 0 atom stereocenters. The fourth-order valence-corrected chi connectivity index (χ4v) is 2.30. The number of hydrogen-bond acceptors (Lipinski definition) is 3. The van der Waals surface area contributed by atoms with Gasteiger partial charge >= 0.3 is 5.97 Å². The molecule has 0 bridgehead atoms. The van der Waals surface area contributed by atoms with E-state index in [-0.39, 0.29) is 11.0 Å². The van der Waals surface area contributed by atoms with Crippen molar-refractivity contribution < 1.29 is 14.3 Å². The molecule has 0 aromatic heterocycles. The molecule has 0 saturated heterocycles. The summed E-state index contributed by atoms with van der Waals surface area (Å²) in [7, 11) is 4.06. The molecule has 1 rings (SSSR count). The van der Waals surface area contributed by atoms with Gasteiger partial charge in [0.2, 0.25) is 0 Å². The average Bonchev–Trinajstić information content (AvgIpc) is 2.26. The lowest BCUT2D eigenvalue weighted by Crippen LogP contribution is -2.37. The molecule has 112 valence electrons. The van der Waals surface area contributed by atoms with Crippen molar-refractivity contribution >= 4 is 5.97 Å². The van der Waals surface area contributed by atoms with Crippen LogP contribution in [0.4, 0.5) is 4.39 Å². The van der Waals surface area contributed by atoms with E-state index in [0.29, 0.717) is 6.54 Å². The molecule has 1 aromatic carbocycles. The standard InChI is InChI=1S/C15H23FN2O2/c1-15(2,10-18(3)4)9-17-8-11-5-6-12(14(19)20)13(16)7-11/h5-7,17H,8-10H2,1-4H3,(H,19,20). The van der Waals surface area contributed by atoms with E-state index in [1.807, 2.05) is 14.1 Å². The van der Waals surface area contributed by atoms with Gasteiger partial charge in [0.15, 0.2) is 0 Å². The SMILES string of the molecule is CN(C)CC(C)(C)CNCc1ccc(C(=O)O)c(F)c1. The van der Waals surface area contributed by atoms with Crippen LogP contribution >= 0.6 is 0 Å². The van der Waals surface area contributed by atoms with E-state index >= 15 is 0 Å². The molecule has 0 unspecified atom stereocenters. The fraction of sp³-hybridized carbons (Fsp3) is 0.533. The van der Waals surface area contributed by atoms with E-state index in [2.05, 4.69) is 24.1 Å². The van der Waals surface area contributed by atoms with E-state index in [1.54, 1.807) is 6.07 Å². The second kappa shape index (κ2) is 6.81. The predicted molar refractivity (Wildman–Crippen MR) is 77.4 cm³/mol. The van der Waals surface area contributed by atoms with Crippen LogP contribution in [0.3, 0.4) is 0 Å². The summed E-state index contributed by atoms with van der Waals surface area (Å²) >= 11 is 0. The van der Waals surface area contributed by atoms with Gasteiger partial charge in [-0.05, 0) is 37.2 Å². The topological polar surface area (TPSA) is 52.6 Å². The van der Waals surface area contributed by atoms with Gasteiger partial charge in [0, 0.05) is 19.6 Å². The van der Waals surface area contributed by atoms with E-state index < -0.39 is 11.8 Å². The summed E-state index contributed by atoms with van der Waals surface area (Å²) in [5, 5.41) is 12.0. The Labute approximate surface area is 119 Å². The van der Waals surface area contributed by atoms with Gasteiger partial charge in [-0.2, -0.15) is 0 Å². The number of nitrogens with one attached hydrogen (secondary N) is 1.